The Balaban J connectivity index is 1.65. The molecule has 2 rings (SSSR count). The lowest BCUT2D eigenvalue weighted by atomic mass is 9.89. The summed E-state index contributed by atoms with van der Waals surface area (Å²) >= 11 is 0. The van der Waals surface area contributed by atoms with Crippen LogP contribution in [-0.2, 0) is 4.74 Å². The maximum absolute atomic E-state index is 8.78. The fourth-order valence-electron chi connectivity index (χ4n) is 3.56. The topological polar surface area (TPSA) is 44.7 Å². The van der Waals surface area contributed by atoms with Gasteiger partial charge in [0.1, 0.15) is 0 Å². The van der Waals surface area contributed by atoms with Crippen LogP contribution in [0.15, 0.2) is 0 Å². The molecular formula is C15H30N2O2. The maximum atomic E-state index is 8.78. The molecule has 0 aromatic carbocycles. The van der Waals surface area contributed by atoms with Crippen molar-refractivity contribution in [2.75, 3.05) is 32.8 Å². The number of nitrogens with zero attached hydrogens (tertiary/aromatic N) is 1. The molecule has 0 aromatic heterocycles. The lowest BCUT2D eigenvalue weighted by Gasteiger charge is -2.40. The van der Waals surface area contributed by atoms with Crippen molar-refractivity contribution in [3.63, 3.8) is 0 Å². The van der Waals surface area contributed by atoms with Gasteiger partial charge in [0.25, 0.3) is 0 Å². The average molecular weight is 270 g/mol. The van der Waals surface area contributed by atoms with Crippen LogP contribution < -0.4 is 5.32 Å². The van der Waals surface area contributed by atoms with E-state index in [1.807, 2.05) is 0 Å². The van der Waals surface area contributed by atoms with Crippen molar-refractivity contribution in [3.05, 3.63) is 0 Å². The van der Waals surface area contributed by atoms with E-state index < -0.39 is 0 Å². The van der Waals surface area contributed by atoms with Gasteiger partial charge < -0.3 is 20.1 Å². The molecule has 1 aliphatic carbocycles. The Hall–Kier alpha value is -0.160. The fraction of sp³-hybridized carbons (Fsp3) is 1.00. The molecule has 19 heavy (non-hydrogen) atoms. The molecule has 4 heteroatoms. The zero-order chi connectivity index (χ0) is 13.5. The minimum Gasteiger partial charge on any atom is -0.394 e. The van der Waals surface area contributed by atoms with Crippen LogP contribution in [0.5, 0.6) is 0 Å². The number of hydrogen-bond donors (Lipinski definition) is 2. The van der Waals surface area contributed by atoms with E-state index in [9.17, 15) is 0 Å². The highest BCUT2D eigenvalue weighted by Gasteiger charge is 2.28. The lowest BCUT2D eigenvalue weighted by molar-refractivity contribution is -0.0190. The highest BCUT2D eigenvalue weighted by molar-refractivity contribution is 4.85. The summed E-state index contributed by atoms with van der Waals surface area (Å²) < 4.78 is 5.63. The summed E-state index contributed by atoms with van der Waals surface area (Å²) in [5.41, 5.74) is 0. The first-order chi connectivity index (χ1) is 9.33. The molecule has 1 heterocycles. The van der Waals surface area contributed by atoms with E-state index in [-0.39, 0.29) is 6.61 Å². The first kappa shape index (κ1) is 15.2. The predicted molar refractivity (Wildman–Crippen MR) is 77.4 cm³/mol. The summed E-state index contributed by atoms with van der Waals surface area (Å²) in [4.78, 5) is 2.67. The van der Waals surface area contributed by atoms with Crippen molar-refractivity contribution in [3.8, 4) is 0 Å². The summed E-state index contributed by atoms with van der Waals surface area (Å²) in [6, 6.07) is 1.56. The Morgan fingerprint density at radius 3 is 2.37 bits per heavy atom. The van der Waals surface area contributed by atoms with E-state index >= 15 is 0 Å². The van der Waals surface area contributed by atoms with Crippen LogP contribution >= 0.6 is 0 Å². The smallest absolute Gasteiger partial charge is 0.0701 e. The molecular weight excluding hydrogens is 240 g/mol. The predicted octanol–water partition coefficient (Wildman–Crippen LogP) is 1.38. The first-order valence-corrected chi connectivity index (χ1v) is 8.03. The molecule has 0 atom stereocenters. The lowest BCUT2D eigenvalue weighted by Crippen LogP contribution is -2.46. The summed E-state index contributed by atoms with van der Waals surface area (Å²) in [6.45, 7) is 6.29. The second kappa shape index (κ2) is 8.20. The summed E-state index contributed by atoms with van der Waals surface area (Å²) in [7, 11) is 0. The number of likely N-dealkylation sites (tertiary alicyclic amines) is 1. The van der Waals surface area contributed by atoms with Crippen LogP contribution in [0.25, 0.3) is 0 Å². The van der Waals surface area contributed by atoms with Gasteiger partial charge in [0.05, 0.1) is 19.3 Å². The molecule has 1 saturated carbocycles. The highest BCUT2D eigenvalue weighted by Crippen LogP contribution is 2.26. The van der Waals surface area contributed by atoms with Gasteiger partial charge in [-0.1, -0.05) is 6.92 Å². The molecule has 2 fully saturated rings. The van der Waals surface area contributed by atoms with Crippen LogP contribution in [0.1, 0.15) is 45.4 Å². The number of hydrogen-bond acceptors (Lipinski definition) is 4. The minimum atomic E-state index is 0.147. The molecule has 0 bridgehead atoms. The number of aliphatic hydroxyl groups is 1. The van der Waals surface area contributed by atoms with Crippen molar-refractivity contribution >= 4 is 0 Å². The van der Waals surface area contributed by atoms with Gasteiger partial charge >= 0.3 is 0 Å². The Morgan fingerprint density at radius 1 is 1.11 bits per heavy atom. The van der Waals surface area contributed by atoms with Gasteiger partial charge in [-0.3, -0.25) is 0 Å². The van der Waals surface area contributed by atoms with E-state index in [2.05, 4.69) is 17.1 Å². The summed E-state index contributed by atoms with van der Waals surface area (Å²) in [5.74, 6) is 0. The van der Waals surface area contributed by atoms with Gasteiger partial charge in [0, 0.05) is 25.2 Å². The van der Waals surface area contributed by atoms with Gasteiger partial charge in [-0.05, 0) is 45.1 Å². The monoisotopic (exact) mass is 270 g/mol. The van der Waals surface area contributed by atoms with Crippen LogP contribution in [0.2, 0.25) is 0 Å². The standard InChI is InChI=1S/C15H30N2O2/c1-2-16-13-3-5-14(6-4-13)17-9-7-15(8-10-17)19-12-11-18/h13-16,18H,2-12H2,1H3. The summed E-state index contributed by atoms with van der Waals surface area (Å²) in [5, 5.41) is 12.4. The third-order valence-corrected chi connectivity index (χ3v) is 4.63. The number of ether oxygens (including phenoxy) is 1. The number of nitrogens with one attached hydrogen (secondary N) is 1. The molecule has 112 valence electrons. The largest absolute Gasteiger partial charge is 0.394 e. The van der Waals surface area contributed by atoms with Crippen LogP contribution in [0.3, 0.4) is 0 Å². The normalized spacial score (nSPS) is 30.6. The quantitative estimate of drug-likeness (QED) is 0.765. The Kier molecular flexibility index (Phi) is 6.57. The molecule has 0 amide bonds. The van der Waals surface area contributed by atoms with Crippen molar-refractivity contribution in [2.24, 2.45) is 0 Å². The molecule has 4 nitrogen and oxygen atoms in total. The van der Waals surface area contributed by atoms with Crippen molar-refractivity contribution in [2.45, 2.75) is 63.6 Å². The average Bonchev–Trinajstić information content (AvgIpc) is 2.47. The fourth-order valence-corrected chi connectivity index (χ4v) is 3.56. The molecule has 1 aliphatic heterocycles. The molecule has 2 aliphatic rings. The van der Waals surface area contributed by atoms with E-state index in [0.717, 1.165) is 31.5 Å². The first-order valence-electron chi connectivity index (χ1n) is 8.03. The number of aliphatic hydroxyl groups excluding tert-OH is 1. The van der Waals surface area contributed by atoms with Crippen LogP contribution in [0, 0.1) is 0 Å². The van der Waals surface area contributed by atoms with Crippen molar-refractivity contribution in [1.29, 1.82) is 0 Å². The van der Waals surface area contributed by atoms with Crippen LogP contribution in [-0.4, -0.2) is 61.0 Å². The third-order valence-electron chi connectivity index (χ3n) is 4.63. The van der Waals surface area contributed by atoms with Gasteiger partial charge in [0.15, 0.2) is 0 Å². The van der Waals surface area contributed by atoms with Crippen molar-refractivity contribution in [1.82, 2.24) is 10.2 Å². The summed E-state index contributed by atoms with van der Waals surface area (Å²) in [6.07, 6.45) is 8.00. The number of rotatable bonds is 6. The van der Waals surface area contributed by atoms with Gasteiger partial charge in [0.2, 0.25) is 0 Å². The molecule has 0 aromatic rings. The molecule has 0 spiro atoms. The minimum absolute atomic E-state index is 0.147. The zero-order valence-corrected chi connectivity index (χ0v) is 12.3. The second-order valence-corrected chi connectivity index (χ2v) is 5.89. The van der Waals surface area contributed by atoms with E-state index in [4.69, 9.17) is 9.84 Å². The Morgan fingerprint density at radius 2 is 1.79 bits per heavy atom. The Bertz CT molecular complexity index is 234. The second-order valence-electron chi connectivity index (χ2n) is 5.89. The van der Waals surface area contributed by atoms with E-state index in [1.165, 1.54) is 38.8 Å². The molecule has 0 unspecified atom stereocenters. The van der Waals surface area contributed by atoms with Crippen LogP contribution in [0.4, 0.5) is 0 Å². The highest BCUT2D eigenvalue weighted by atomic mass is 16.5. The van der Waals surface area contributed by atoms with Crippen molar-refractivity contribution < 1.29 is 9.84 Å². The third kappa shape index (κ3) is 4.71. The maximum Gasteiger partial charge on any atom is 0.0701 e. The zero-order valence-electron chi connectivity index (χ0n) is 12.3. The van der Waals surface area contributed by atoms with Gasteiger partial charge in [-0.25, -0.2) is 0 Å². The number of piperidine rings is 1. The van der Waals surface area contributed by atoms with E-state index in [1.54, 1.807) is 0 Å². The molecule has 1 saturated heterocycles. The molecule has 0 radical (unpaired) electrons. The Labute approximate surface area is 117 Å². The molecule has 2 N–H and O–H groups in total. The van der Waals surface area contributed by atoms with E-state index in [0.29, 0.717) is 12.7 Å². The SMILES string of the molecule is CCNC1CCC(N2CCC(OCCO)CC2)CC1. The van der Waals surface area contributed by atoms with Gasteiger partial charge in [-0.15, -0.1) is 0 Å². The van der Waals surface area contributed by atoms with Gasteiger partial charge in [-0.2, -0.15) is 0 Å².